The molecule has 6 heteroatoms. The van der Waals surface area contributed by atoms with Crippen LogP contribution in [0.5, 0.6) is 0 Å². The Bertz CT molecular complexity index is 513. The first-order valence-corrected chi connectivity index (χ1v) is 5.30. The number of carbonyl (C=O) groups excluding carboxylic acids is 1. The minimum absolute atomic E-state index is 0.0878. The van der Waals surface area contributed by atoms with E-state index in [4.69, 9.17) is 5.73 Å². The average Bonchev–Trinajstić information content (AvgIpc) is 2.74. The molecule has 0 atom stereocenters. The Morgan fingerprint density at radius 3 is 3.00 bits per heavy atom. The summed E-state index contributed by atoms with van der Waals surface area (Å²) in [7, 11) is 0. The van der Waals surface area contributed by atoms with Crippen molar-refractivity contribution in [3.05, 3.63) is 41.2 Å². The summed E-state index contributed by atoms with van der Waals surface area (Å²) in [4.78, 5) is 15.5. The van der Waals surface area contributed by atoms with Crippen molar-refractivity contribution in [3.63, 3.8) is 0 Å². The Balaban J connectivity index is 2.24. The molecule has 3 N–H and O–H groups in total. The fourth-order valence-corrected chi connectivity index (χ4v) is 1.69. The van der Waals surface area contributed by atoms with Crippen LogP contribution in [-0.4, -0.2) is 10.9 Å². The van der Waals surface area contributed by atoms with Crippen LogP contribution < -0.4 is 11.1 Å². The number of thiazole rings is 1. The summed E-state index contributed by atoms with van der Waals surface area (Å²) in [6.07, 6.45) is 1.55. The monoisotopic (exact) mass is 237 g/mol. The summed E-state index contributed by atoms with van der Waals surface area (Å²) < 4.78 is 13.3. The number of nitrogens with zero attached hydrogens (tertiary/aromatic N) is 1. The van der Waals surface area contributed by atoms with Crippen molar-refractivity contribution in [2.45, 2.75) is 0 Å². The van der Waals surface area contributed by atoms with Crippen LogP contribution in [0.3, 0.4) is 0 Å². The van der Waals surface area contributed by atoms with Crippen LogP contribution in [0.15, 0.2) is 29.8 Å². The molecule has 0 unspecified atom stereocenters. The lowest BCUT2D eigenvalue weighted by Crippen LogP contribution is -2.13. The molecule has 0 saturated heterocycles. The van der Waals surface area contributed by atoms with E-state index in [1.165, 1.54) is 23.5 Å². The average molecular weight is 237 g/mol. The quantitative estimate of drug-likeness (QED) is 0.786. The van der Waals surface area contributed by atoms with Crippen molar-refractivity contribution in [3.8, 4) is 0 Å². The SMILES string of the molecule is Nc1ccc(F)c(C(=O)Nc2nccs2)c1. The Hall–Kier alpha value is -1.95. The van der Waals surface area contributed by atoms with Crippen molar-refractivity contribution in [2.75, 3.05) is 11.1 Å². The number of aromatic nitrogens is 1. The minimum Gasteiger partial charge on any atom is -0.399 e. The molecule has 1 aromatic carbocycles. The van der Waals surface area contributed by atoms with E-state index in [9.17, 15) is 9.18 Å². The van der Waals surface area contributed by atoms with Gasteiger partial charge in [0.25, 0.3) is 5.91 Å². The summed E-state index contributed by atoms with van der Waals surface area (Å²) in [5, 5.41) is 4.62. The van der Waals surface area contributed by atoms with Gasteiger partial charge in [0, 0.05) is 17.3 Å². The summed E-state index contributed by atoms with van der Waals surface area (Å²) in [6, 6.07) is 3.85. The number of nitrogens with one attached hydrogen (secondary N) is 1. The van der Waals surface area contributed by atoms with Crippen LogP contribution in [0.4, 0.5) is 15.2 Å². The number of anilines is 2. The highest BCUT2D eigenvalue weighted by molar-refractivity contribution is 7.13. The van der Waals surface area contributed by atoms with Crippen molar-refractivity contribution in [2.24, 2.45) is 0 Å². The van der Waals surface area contributed by atoms with Crippen LogP contribution in [0.25, 0.3) is 0 Å². The van der Waals surface area contributed by atoms with E-state index in [0.717, 1.165) is 6.07 Å². The molecule has 0 spiro atoms. The number of carbonyl (C=O) groups is 1. The first-order valence-electron chi connectivity index (χ1n) is 4.42. The molecule has 0 aliphatic rings. The number of halogens is 1. The normalized spacial score (nSPS) is 10.1. The number of nitrogens with two attached hydrogens (primary N) is 1. The topological polar surface area (TPSA) is 68.0 Å². The fourth-order valence-electron chi connectivity index (χ4n) is 1.17. The first kappa shape index (κ1) is 10.6. The van der Waals surface area contributed by atoms with Gasteiger partial charge in [-0.2, -0.15) is 0 Å². The highest BCUT2D eigenvalue weighted by atomic mass is 32.1. The second-order valence-electron chi connectivity index (χ2n) is 3.03. The van der Waals surface area contributed by atoms with Crippen molar-refractivity contribution in [1.29, 1.82) is 0 Å². The van der Waals surface area contributed by atoms with Gasteiger partial charge in [0.2, 0.25) is 0 Å². The lowest BCUT2D eigenvalue weighted by atomic mass is 10.2. The zero-order chi connectivity index (χ0) is 11.5. The van der Waals surface area contributed by atoms with Crippen molar-refractivity contribution in [1.82, 2.24) is 4.98 Å². The summed E-state index contributed by atoms with van der Waals surface area (Å²) >= 11 is 1.26. The molecule has 82 valence electrons. The second kappa shape index (κ2) is 4.28. The molecule has 1 amide bonds. The van der Waals surface area contributed by atoms with Crippen LogP contribution >= 0.6 is 11.3 Å². The van der Waals surface area contributed by atoms with E-state index < -0.39 is 11.7 Å². The van der Waals surface area contributed by atoms with Crippen LogP contribution in [0.2, 0.25) is 0 Å². The zero-order valence-electron chi connectivity index (χ0n) is 8.11. The highest BCUT2D eigenvalue weighted by Crippen LogP contribution is 2.16. The molecule has 0 fully saturated rings. The van der Waals surface area contributed by atoms with Crippen molar-refractivity contribution < 1.29 is 9.18 Å². The summed E-state index contributed by atoms with van der Waals surface area (Å²) in [5.41, 5.74) is 5.73. The van der Waals surface area contributed by atoms with Gasteiger partial charge in [0.15, 0.2) is 5.13 Å². The molecule has 4 nitrogen and oxygen atoms in total. The summed E-state index contributed by atoms with van der Waals surface area (Å²) in [6.45, 7) is 0. The Morgan fingerprint density at radius 2 is 2.31 bits per heavy atom. The standard InChI is InChI=1S/C10H8FN3OS/c11-8-2-1-6(12)5-7(8)9(15)14-10-13-3-4-16-10/h1-5H,12H2,(H,13,14,15). The summed E-state index contributed by atoms with van der Waals surface area (Å²) in [5.74, 6) is -1.16. The highest BCUT2D eigenvalue weighted by Gasteiger charge is 2.12. The third-order valence-corrected chi connectivity index (χ3v) is 2.58. The number of nitrogen functional groups attached to an aromatic ring is 1. The third-order valence-electron chi connectivity index (χ3n) is 1.89. The van der Waals surface area contributed by atoms with Gasteiger partial charge in [-0.3, -0.25) is 10.1 Å². The van der Waals surface area contributed by atoms with Crippen LogP contribution in [0, 0.1) is 5.82 Å². The Labute approximate surface area is 94.9 Å². The van der Waals surface area contributed by atoms with Gasteiger partial charge in [-0.05, 0) is 18.2 Å². The number of hydrogen-bond donors (Lipinski definition) is 2. The smallest absolute Gasteiger partial charge is 0.260 e. The van der Waals surface area contributed by atoms with E-state index in [1.807, 2.05) is 0 Å². The Kier molecular flexibility index (Phi) is 2.82. The van der Waals surface area contributed by atoms with E-state index >= 15 is 0 Å². The first-order chi connectivity index (χ1) is 7.66. The predicted molar refractivity (Wildman–Crippen MR) is 60.9 cm³/mol. The van der Waals surface area contributed by atoms with Gasteiger partial charge in [-0.15, -0.1) is 11.3 Å². The molecule has 0 radical (unpaired) electrons. The van der Waals surface area contributed by atoms with Gasteiger partial charge < -0.3 is 5.73 Å². The molecule has 0 bridgehead atoms. The fraction of sp³-hybridized carbons (Fsp3) is 0. The molecule has 1 aromatic heterocycles. The molecule has 2 aromatic rings. The largest absolute Gasteiger partial charge is 0.399 e. The van der Waals surface area contributed by atoms with Crippen LogP contribution in [-0.2, 0) is 0 Å². The Morgan fingerprint density at radius 1 is 1.50 bits per heavy atom. The molecular formula is C10H8FN3OS. The molecular weight excluding hydrogens is 229 g/mol. The van der Waals surface area contributed by atoms with Crippen molar-refractivity contribution >= 4 is 28.1 Å². The molecule has 0 saturated carbocycles. The van der Waals surface area contributed by atoms with Gasteiger partial charge in [-0.1, -0.05) is 0 Å². The van der Waals surface area contributed by atoms with Gasteiger partial charge in [0.05, 0.1) is 5.56 Å². The van der Waals surface area contributed by atoms with Crippen LogP contribution in [0.1, 0.15) is 10.4 Å². The van der Waals surface area contributed by atoms with Gasteiger partial charge >= 0.3 is 0 Å². The number of hydrogen-bond acceptors (Lipinski definition) is 4. The third kappa shape index (κ3) is 2.17. The number of benzene rings is 1. The predicted octanol–water partition coefficient (Wildman–Crippen LogP) is 2.12. The second-order valence-corrected chi connectivity index (χ2v) is 3.93. The lowest BCUT2D eigenvalue weighted by Gasteiger charge is -2.03. The van der Waals surface area contributed by atoms with E-state index in [1.54, 1.807) is 11.6 Å². The molecule has 16 heavy (non-hydrogen) atoms. The van der Waals surface area contributed by atoms with E-state index in [-0.39, 0.29) is 5.56 Å². The zero-order valence-corrected chi connectivity index (χ0v) is 8.92. The number of amides is 1. The van der Waals surface area contributed by atoms with Gasteiger partial charge in [0.1, 0.15) is 5.82 Å². The molecule has 1 heterocycles. The molecule has 0 aliphatic carbocycles. The lowest BCUT2D eigenvalue weighted by molar-refractivity contribution is 0.102. The maximum absolute atomic E-state index is 13.3. The van der Waals surface area contributed by atoms with Gasteiger partial charge in [-0.25, -0.2) is 9.37 Å². The molecule has 0 aliphatic heterocycles. The maximum Gasteiger partial charge on any atom is 0.260 e. The maximum atomic E-state index is 13.3. The minimum atomic E-state index is -0.608. The number of rotatable bonds is 2. The van der Waals surface area contributed by atoms with E-state index in [2.05, 4.69) is 10.3 Å². The van der Waals surface area contributed by atoms with E-state index in [0.29, 0.717) is 10.8 Å². The molecule has 2 rings (SSSR count).